The highest BCUT2D eigenvalue weighted by atomic mass is 32.2. The molecular formula is C10H17N3O2S. The van der Waals surface area contributed by atoms with Gasteiger partial charge in [-0.15, -0.1) is 11.8 Å². The molecule has 2 fully saturated rings. The van der Waals surface area contributed by atoms with Gasteiger partial charge in [0.2, 0.25) is 0 Å². The van der Waals surface area contributed by atoms with Crippen LogP contribution in [0.2, 0.25) is 0 Å². The van der Waals surface area contributed by atoms with Gasteiger partial charge in [0.1, 0.15) is 0 Å². The van der Waals surface area contributed by atoms with E-state index in [4.69, 9.17) is 0 Å². The van der Waals surface area contributed by atoms with E-state index in [0.29, 0.717) is 0 Å². The van der Waals surface area contributed by atoms with Crippen molar-refractivity contribution in [2.45, 2.75) is 43.6 Å². The van der Waals surface area contributed by atoms with E-state index in [1.54, 1.807) is 0 Å². The molecule has 0 unspecified atom stereocenters. The average molecular weight is 243 g/mol. The lowest BCUT2D eigenvalue weighted by molar-refractivity contribution is 0.143. The van der Waals surface area contributed by atoms with Gasteiger partial charge in [0, 0.05) is 6.04 Å². The van der Waals surface area contributed by atoms with Gasteiger partial charge in [-0.1, -0.05) is 19.3 Å². The first-order valence-corrected chi connectivity index (χ1v) is 6.94. The van der Waals surface area contributed by atoms with E-state index >= 15 is 0 Å². The topological polar surface area (TPSA) is 61.4 Å². The summed E-state index contributed by atoms with van der Waals surface area (Å²) in [6.07, 6.45) is 7.14. The van der Waals surface area contributed by atoms with Gasteiger partial charge in [-0.05, 0) is 19.1 Å². The molecule has 0 radical (unpaired) electrons. The summed E-state index contributed by atoms with van der Waals surface area (Å²) in [5.74, 6) is 0. The predicted molar refractivity (Wildman–Crippen MR) is 63.1 cm³/mol. The molecule has 2 N–H and O–H groups in total. The third-order valence-electron chi connectivity index (χ3n) is 3.12. The minimum atomic E-state index is -0.292. The summed E-state index contributed by atoms with van der Waals surface area (Å²) < 4.78 is 0. The van der Waals surface area contributed by atoms with Crippen LogP contribution in [-0.2, 0) is 0 Å². The van der Waals surface area contributed by atoms with Gasteiger partial charge in [-0.2, -0.15) is 0 Å². The molecule has 6 heteroatoms. The minimum absolute atomic E-state index is 0.0801. The number of thioether (sulfide) groups is 1. The second kappa shape index (κ2) is 4.95. The highest BCUT2D eigenvalue weighted by Gasteiger charge is 2.36. The van der Waals surface area contributed by atoms with Crippen molar-refractivity contribution in [2.75, 3.05) is 6.26 Å². The summed E-state index contributed by atoms with van der Waals surface area (Å²) in [5, 5.41) is 5.52. The van der Waals surface area contributed by atoms with Crippen molar-refractivity contribution >= 4 is 23.8 Å². The summed E-state index contributed by atoms with van der Waals surface area (Å²) in [6, 6.07) is -0.429. The molecular weight excluding hydrogens is 226 g/mol. The van der Waals surface area contributed by atoms with E-state index in [9.17, 15) is 9.59 Å². The van der Waals surface area contributed by atoms with Crippen molar-refractivity contribution in [3.8, 4) is 0 Å². The molecule has 0 spiro atoms. The Morgan fingerprint density at radius 1 is 1.12 bits per heavy atom. The maximum Gasteiger partial charge on any atom is 0.328 e. The molecule has 2 aliphatic rings. The Labute approximate surface area is 99.3 Å². The van der Waals surface area contributed by atoms with Crippen molar-refractivity contribution in [3.05, 3.63) is 0 Å². The Morgan fingerprint density at radius 2 is 1.69 bits per heavy atom. The maximum absolute atomic E-state index is 11.8. The van der Waals surface area contributed by atoms with E-state index in [1.807, 2.05) is 6.26 Å². The molecule has 1 saturated heterocycles. The van der Waals surface area contributed by atoms with Crippen LogP contribution >= 0.6 is 11.8 Å². The first kappa shape index (κ1) is 11.6. The number of urea groups is 2. The fraction of sp³-hybridized carbons (Fsp3) is 0.800. The summed E-state index contributed by atoms with van der Waals surface area (Å²) in [4.78, 5) is 25.0. The zero-order valence-corrected chi connectivity index (χ0v) is 10.2. The number of rotatable bonds is 2. The number of imide groups is 1. The van der Waals surface area contributed by atoms with E-state index < -0.39 is 0 Å². The lowest BCUT2D eigenvalue weighted by atomic mass is 9.94. The molecule has 0 aromatic rings. The highest BCUT2D eigenvalue weighted by molar-refractivity contribution is 7.99. The van der Waals surface area contributed by atoms with Crippen LogP contribution in [0.5, 0.6) is 0 Å². The molecule has 1 saturated carbocycles. The van der Waals surface area contributed by atoms with Crippen LogP contribution in [0.25, 0.3) is 0 Å². The van der Waals surface area contributed by atoms with E-state index in [-0.39, 0.29) is 23.6 Å². The molecule has 4 amide bonds. The fourth-order valence-corrected chi connectivity index (χ4v) is 2.72. The van der Waals surface area contributed by atoms with Gasteiger partial charge < -0.3 is 10.6 Å². The molecule has 2 rings (SSSR count). The van der Waals surface area contributed by atoms with Crippen molar-refractivity contribution in [1.82, 2.24) is 15.5 Å². The maximum atomic E-state index is 11.8. The number of nitrogens with zero attached hydrogens (tertiary/aromatic N) is 1. The van der Waals surface area contributed by atoms with Crippen LogP contribution in [0.4, 0.5) is 9.59 Å². The van der Waals surface area contributed by atoms with Crippen LogP contribution < -0.4 is 10.6 Å². The summed E-state index contributed by atoms with van der Waals surface area (Å²) in [7, 11) is 0. The Morgan fingerprint density at radius 3 is 2.19 bits per heavy atom. The van der Waals surface area contributed by atoms with Crippen LogP contribution in [0, 0.1) is 0 Å². The minimum Gasteiger partial charge on any atom is -0.308 e. The largest absolute Gasteiger partial charge is 0.328 e. The van der Waals surface area contributed by atoms with E-state index in [1.165, 1.54) is 23.1 Å². The number of amides is 4. The lowest BCUT2D eigenvalue weighted by Gasteiger charge is -2.37. The lowest BCUT2D eigenvalue weighted by Crippen LogP contribution is -2.64. The van der Waals surface area contributed by atoms with Crippen molar-refractivity contribution in [1.29, 1.82) is 0 Å². The van der Waals surface area contributed by atoms with Gasteiger partial charge in [-0.25, -0.2) is 14.5 Å². The van der Waals surface area contributed by atoms with Crippen LogP contribution in [0.15, 0.2) is 0 Å². The molecule has 0 atom stereocenters. The second-order valence-corrected chi connectivity index (χ2v) is 5.12. The molecule has 90 valence electrons. The number of hydrogen-bond donors (Lipinski definition) is 2. The molecule has 0 bridgehead atoms. The zero-order chi connectivity index (χ0) is 11.5. The summed E-state index contributed by atoms with van der Waals surface area (Å²) >= 11 is 1.41. The van der Waals surface area contributed by atoms with Gasteiger partial charge in [-0.3, -0.25) is 0 Å². The quantitative estimate of drug-likeness (QED) is 0.776. The Balaban J connectivity index is 2.03. The van der Waals surface area contributed by atoms with Gasteiger partial charge >= 0.3 is 12.1 Å². The zero-order valence-electron chi connectivity index (χ0n) is 9.36. The van der Waals surface area contributed by atoms with E-state index in [0.717, 1.165) is 25.7 Å². The highest BCUT2D eigenvalue weighted by Crippen LogP contribution is 2.24. The normalized spacial score (nSPS) is 24.2. The Kier molecular flexibility index (Phi) is 3.58. The van der Waals surface area contributed by atoms with Crippen molar-refractivity contribution < 1.29 is 9.59 Å². The van der Waals surface area contributed by atoms with Crippen LogP contribution in [0.3, 0.4) is 0 Å². The molecule has 1 aliphatic carbocycles. The monoisotopic (exact) mass is 243 g/mol. The number of nitrogens with one attached hydrogen (secondary N) is 2. The van der Waals surface area contributed by atoms with Crippen LogP contribution in [-0.4, -0.2) is 34.8 Å². The number of carbonyl (C=O) groups excluding carboxylic acids is 2. The molecule has 5 nitrogen and oxygen atoms in total. The number of hydrogen-bond acceptors (Lipinski definition) is 3. The van der Waals surface area contributed by atoms with Crippen molar-refractivity contribution in [3.63, 3.8) is 0 Å². The second-order valence-electron chi connectivity index (χ2n) is 4.18. The van der Waals surface area contributed by atoms with Crippen molar-refractivity contribution in [2.24, 2.45) is 0 Å². The first-order chi connectivity index (χ1) is 7.72. The van der Waals surface area contributed by atoms with Gasteiger partial charge in [0.05, 0.1) is 0 Å². The van der Waals surface area contributed by atoms with Gasteiger partial charge in [0.25, 0.3) is 0 Å². The smallest absolute Gasteiger partial charge is 0.308 e. The summed E-state index contributed by atoms with van der Waals surface area (Å²) in [5.41, 5.74) is -0.292. The molecule has 1 heterocycles. The standard InChI is InChI=1S/C10H17N3O2S/c1-16-8-11-9(14)13(10(15)12-8)7-5-3-2-4-6-7/h7-8H,2-6H2,1H3,(H,11,14)(H,12,15). The van der Waals surface area contributed by atoms with Gasteiger partial charge in [0.15, 0.2) is 5.50 Å². The third-order valence-corrected chi connectivity index (χ3v) is 3.83. The summed E-state index contributed by atoms with van der Waals surface area (Å²) in [6.45, 7) is 0. The first-order valence-electron chi connectivity index (χ1n) is 5.65. The molecule has 0 aromatic carbocycles. The predicted octanol–water partition coefficient (Wildman–Crippen LogP) is 1.70. The average Bonchev–Trinajstić information content (AvgIpc) is 2.29. The number of carbonyl (C=O) groups is 2. The molecule has 0 aromatic heterocycles. The Hall–Kier alpha value is -0.910. The van der Waals surface area contributed by atoms with E-state index in [2.05, 4.69) is 10.6 Å². The fourth-order valence-electron chi connectivity index (χ4n) is 2.28. The van der Waals surface area contributed by atoms with Crippen LogP contribution in [0.1, 0.15) is 32.1 Å². The Bertz CT molecular complexity index is 274. The third kappa shape index (κ3) is 2.26. The molecule has 16 heavy (non-hydrogen) atoms. The SMILES string of the molecule is CSC1NC(=O)N(C2CCCCC2)C(=O)N1. The molecule has 1 aliphatic heterocycles.